The third-order valence-corrected chi connectivity index (χ3v) is 2.34. The number of hydrogen-bond donors (Lipinski definition) is 1. The second kappa shape index (κ2) is 6.90. The van der Waals surface area contributed by atoms with Gasteiger partial charge in [0, 0.05) is 5.41 Å². The quantitative estimate of drug-likeness (QED) is 0.745. The molecule has 0 amide bonds. The smallest absolute Gasteiger partial charge is 0.390 e. The van der Waals surface area contributed by atoms with Crippen molar-refractivity contribution in [2.45, 2.75) is 58.9 Å². The fourth-order valence-electron chi connectivity index (χ4n) is 1.97. The first-order valence-electron chi connectivity index (χ1n) is 6.31. The van der Waals surface area contributed by atoms with Crippen LogP contribution in [0, 0.1) is 5.41 Å². The Morgan fingerprint density at radius 2 is 1.53 bits per heavy atom. The molecule has 0 fully saturated rings. The summed E-state index contributed by atoms with van der Waals surface area (Å²) in [6.07, 6.45) is -4.07. The minimum Gasteiger partial charge on any atom is -0.390 e. The first-order valence-corrected chi connectivity index (χ1v) is 6.31. The largest absolute Gasteiger partial charge is 0.411 e. The number of hydrogen-bond acceptors (Lipinski definition) is 3. The van der Waals surface area contributed by atoms with E-state index in [9.17, 15) is 18.3 Å². The van der Waals surface area contributed by atoms with Crippen LogP contribution >= 0.6 is 0 Å². The van der Waals surface area contributed by atoms with Crippen molar-refractivity contribution in [1.29, 1.82) is 0 Å². The summed E-state index contributed by atoms with van der Waals surface area (Å²) in [7, 11) is 0. The molecular formula is C13H25F3O3. The maximum Gasteiger partial charge on any atom is 0.411 e. The van der Waals surface area contributed by atoms with Gasteiger partial charge in [-0.15, -0.1) is 0 Å². The summed E-state index contributed by atoms with van der Waals surface area (Å²) in [6, 6.07) is 0. The van der Waals surface area contributed by atoms with Crippen LogP contribution in [-0.2, 0) is 9.47 Å². The SMILES string of the molecule is CC(C)OC[C@@](C)(COCC(F)(F)F)CC(C)(C)O. The fourth-order valence-corrected chi connectivity index (χ4v) is 1.97. The van der Waals surface area contributed by atoms with Gasteiger partial charge in [-0.3, -0.25) is 0 Å². The van der Waals surface area contributed by atoms with Crippen LogP contribution in [0.15, 0.2) is 0 Å². The molecule has 0 aromatic heterocycles. The third-order valence-electron chi connectivity index (χ3n) is 2.34. The van der Waals surface area contributed by atoms with Gasteiger partial charge in [-0.25, -0.2) is 0 Å². The Morgan fingerprint density at radius 3 is 1.89 bits per heavy atom. The van der Waals surface area contributed by atoms with Crippen molar-refractivity contribution in [2.24, 2.45) is 5.41 Å². The van der Waals surface area contributed by atoms with Crippen molar-refractivity contribution < 1.29 is 27.8 Å². The van der Waals surface area contributed by atoms with Gasteiger partial charge in [0.25, 0.3) is 0 Å². The summed E-state index contributed by atoms with van der Waals surface area (Å²) < 4.78 is 46.4. The number of halogens is 3. The van der Waals surface area contributed by atoms with Gasteiger partial charge in [0.1, 0.15) is 6.61 Å². The minimum absolute atomic E-state index is 0.0243. The average molecular weight is 286 g/mol. The molecular weight excluding hydrogens is 261 g/mol. The predicted molar refractivity (Wildman–Crippen MR) is 67.0 cm³/mol. The Balaban J connectivity index is 4.48. The van der Waals surface area contributed by atoms with Crippen molar-refractivity contribution in [3.05, 3.63) is 0 Å². The van der Waals surface area contributed by atoms with Gasteiger partial charge in [0.05, 0.1) is 24.9 Å². The zero-order chi connectivity index (χ0) is 15.3. The topological polar surface area (TPSA) is 38.7 Å². The lowest BCUT2D eigenvalue weighted by Gasteiger charge is -2.35. The van der Waals surface area contributed by atoms with Gasteiger partial charge < -0.3 is 14.6 Å². The predicted octanol–water partition coefficient (Wildman–Crippen LogP) is 3.16. The zero-order valence-corrected chi connectivity index (χ0v) is 12.3. The molecule has 0 aliphatic rings. The molecule has 116 valence electrons. The van der Waals surface area contributed by atoms with E-state index in [1.54, 1.807) is 20.8 Å². The van der Waals surface area contributed by atoms with Crippen LogP contribution in [0.3, 0.4) is 0 Å². The molecule has 0 aromatic rings. The van der Waals surface area contributed by atoms with Crippen LogP contribution < -0.4 is 0 Å². The number of aliphatic hydroxyl groups is 1. The average Bonchev–Trinajstić information content (AvgIpc) is 2.09. The Hall–Kier alpha value is -0.330. The van der Waals surface area contributed by atoms with E-state index in [-0.39, 0.29) is 19.3 Å². The van der Waals surface area contributed by atoms with Crippen LogP contribution in [0.25, 0.3) is 0 Å². The van der Waals surface area contributed by atoms with E-state index in [0.717, 1.165) is 0 Å². The molecule has 6 heteroatoms. The number of ether oxygens (including phenoxy) is 2. The molecule has 19 heavy (non-hydrogen) atoms. The van der Waals surface area contributed by atoms with Gasteiger partial charge in [-0.2, -0.15) is 13.2 Å². The summed E-state index contributed by atoms with van der Waals surface area (Å²) in [5, 5.41) is 9.84. The van der Waals surface area contributed by atoms with Crippen molar-refractivity contribution >= 4 is 0 Å². The van der Waals surface area contributed by atoms with E-state index in [4.69, 9.17) is 9.47 Å². The van der Waals surface area contributed by atoms with Gasteiger partial charge in [0.15, 0.2) is 0 Å². The molecule has 0 heterocycles. The van der Waals surface area contributed by atoms with Crippen LogP contribution in [0.2, 0.25) is 0 Å². The minimum atomic E-state index is -4.34. The van der Waals surface area contributed by atoms with Gasteiger partial charge in [-0.05, 0) is 34.1 Å². The highest BCUT2D eigenvalue weighted by atomic mass is 19.4. The van der Waals surface area contributed by atoms with E-state index < -0.39 is 23.8 Å². The number of alkyl halides is 3. The molecule has 1 N–H and O–H groups in total. The zero-order valence-electron chi connectivity index (χ0n) is 12.3. The summed E-state index contributed by atoms with van der Waals surface area (Å²) >= 11 is 0. The first kappa shape index (κ1) is 18.7. The second-order valence-electron chi connectivity index (χ2n) is 6.27. The Kier molecular flexibility index (Phi) is 6.78. The maximum absolute atomic E-state index is 12.1. The van der Waals surface area contributed by atoms with E-state index in [0.29, 0.717) is 6.42 Å². The molecule has 0 saturated carbocycles. The highest BCUT2D eigenvalue weighted by Crippen LogP contribution is 2.30. The molecule has 0 aliphatic carbocycles. The van der Waals surface area contributed by atoms with E-state index >= 15 is 0 Å². The standard InChI is InChI=1S/C13H25F3O3/c1-10(2)19-8-12(5,6-11(3,4)17)7-18-9-13(14,15)16/h10,17H,6-9H2,1-5H3/t12-/m1/s1. The molecule has 0 aliphatic heterocycles. The fraction of sp³-hybridized carbons (Fsp3) is 1.00. The highest BCUT2D eigenvalue weighted by molar-refractivity contribution is 4.82. The molecule has 0 unspecified atom stereocenters. The van der Waals surface area contributed by atoms with Gasteiger partial charge >= 0.3 is 6.18 Å². The Morgan fingerprint density at radius 1 is 1.00 bits per heavy atom. The molecule has 0 rings (SSSR count). The Labute approximate surface area is 113 Å². The van der Waals surface area contributed by atoms with Crippen LogP contribution in [-0.4, -0.2) is 42.8 Å². The highest BCUT2D eigenvalue weighted by Gasteiger charge is 2.34. The summed E-state index contributed by atoms with van der Waals surface area (Å²) in [6.45, 7) is 7.53. The van der Waals surface area contributed by atoms with Gasteiger partial charge in [0.2, 0.25) is 0 Å². The molecule has 0 saturated heterocycles. The summed E-state index contributed by atoms with van der Waals surface area (Å²) in [5.41, 5.74) is -1.65. The van der Waals surface area contributed by atoms with Crippen molar-refractivity contribution in [2.75, 3.05) is 19.8 Å². The van der Waals surface area contributed by atoms with Crippen LogP contribution in [0.1, 0.15) is 41.0 Å². The Bertz CT molecular complexity index is 259. The van der Waals surface area contributed by atoms with Crippen molar-refractivity contribution in [3.8, 4) is 0 Å². The van der Waals surface area contributed by atoms with Crippen molar-refractivity contribution in [3.63, 3.8) is 0 Å². The third kappa shape index (κ3) is 11.2. The maximum atomic E-state index is 12.1. The lowest BCUT2D eigenvalue weighted by atomic mass is 9.81. The van der Waals surface area contributed by atoms with E-state index in [1.165, 1.54) is 0 Å². The van der Waals surface area contributed by atoms with Gasteiger partial charge in [-0.1, -0.05) is 6.92 Å². The van der Waals surface area contributed by atoms with E-state index in [1.807, 2.05) is 13.8 Å². The molecule has 0 aromatic carbocycles. The number of rotatable bonds is 8. The van der Waals surface area contributed by atoms with Crippen molar-refractivity contribution in [1.82, 2.24) is 0 Å². The molecule has 0 bridgehead atoms. The second-order valence-corrected chi connectivity index (χ2v) is 6.27. The molecule has 3 nitrogen and oxygen atoms in total. The molecule has 1 atom stereocenters. The summed E-state index contributed by atoms with van der Waals surface area (Å²) in [4.78, 5) is 0. The molecule has 0 radical (unpaired) electrons. The normalized spacial score (nSPS) is 16.7. The van der Waals surface area contributed by atoms with Crippen LogP contribution in [0.4, 0.5) is 13.2 Å². The summed E-state index contributed by atoms with van der Waals surface area (Å²) in [5.74, 6) is 0. The molecule has 0 spiro atoms. The van der Waals surface area contributed by atoms with Crippen LogP contribution in [0.5, 0.6) is 0 Å². The monoisotopic (exact) mass is 286 g/mol. The lowest BCUT2D eigenvalue weighted by molar-refractivity contribution is -0.185. The van der Waals surface area contributed by atoms with E-state index in [2.05, 4.69) is 0 Å². The lowest BCUT2D eigenvalue weighted by Crippen LogP contribution is -2.38. The first-order chi connectivity index (χ1) is 8.33.